The van der Waals surface area contributed by atoms with Gasteiger partial charge in [0.1, 0.15) is 9.84 Å². The van der Waals surface area contributed by atoms with Gasteiger partial charge in [0.2, 0.25) is 0 Å². The van der Waals surface area contributed by atoms with Crippen LogP contribution in [-0.2, 0) is 16.4 Å². The van der Waals surface area contributed by atoms with E-state index in [1.807, 2.05) is 35.0 Å². The van der Waals surface area contributed by atoms with Crippen LogP contribution in [0.1, 0.15) is 0 Å². The van der Waals surface area contributed by atoms with E-state index in [4.69, 9.17) is 5.73 Å². The van der Waals surface area contributed by atoms with Gasteiger partial charge < -0.3 is 10.3 Å². The minimum absolute atomic E-state index is 0.130. The Hall–Kier alpha value is -1.49. The predicted octanol–water partition coefficient (Wildman–Crippen LogP) is 1.27. The van der Waals surface area contributed by atoms with E-state index in [0.717, 1.165) is 10.9 Å². The number of sulfone groups is 1. The molecule has 0 atom stereocenters. The van der Waals surface area contributed by atoms with Gasteiger partial charge in [0.15, 0.2) is 0 Å². The van der Waals surface area contributed by atoms with Crippen LogP contribution in [0.25, 0.3) is 10.9 Å². The van der Waals surface area contributed by atoms with Crippen LogP contribution in [0.15, 0.2) is 30.5 Å². The van der Waals surface area contributed by atoms with Gasteiger partial charge in [0.05, 0.1) is 17.0 Å². The predicted molar refractivity (Wildman–Crippen MR) is 66.1 cm³/mol. The summed E-state index contributed by atoms with van der Waals surface area (Å²) in [6.45, 7) is 0.441. The highest BCUT2D eigenvalue weighted by Crippen LogP contribution is 2.21. The van der Waals surface area contributed by atoms with Crippen molar-refractivity contribution in [2.24, 2.45) is 0 Å². The van der Waals surface area contributed by atoms with Crippen molar-refractivity contribution in [3.63, 3.8) is 0 Å². The van der Waals surface area contributed by atoms with Crippen molar-refractivity contribution in [1.29, 1.82) is 0 Å². The number of nitrogens with zero attached hydrogens (tertiary/aromatic N) is 1. The summed E-state index contributed by atoms with van der Waals surface area (Å²) >= 11 is 0. The van der Waals surface area contributed by atoms with E-state index in [0.29, 0.717) is 12.2 Å². The Morgan fingerprint density at radius 1 is 1.31 bits per heavy atom. The lowest BCUT2D eigenvalue weighted by Crippen LogP contribution is -2.10. The molecule has 4 nitrogen and oxygen atoms in total. The lowest BCUT2D eigenvalue weighted by Gasteiger charge is -2.06. The molecule has 0 unspecified atom stereocenters. The fraction of sp³-hybridized carbons (Fsp3) is 0.273. The topological polar surface area (TPSA) is 65.1 Å². The Morgan fingerprint density at radius 3 is 2.75 bits per heavy atom. The molecule has 0 aliphatic carbocycles. The lowest BCUT2D eigenvalue weighted by molar-refractivity contribution is 0.596. The number of para-hydroxylation sites is 1. The van der Waals surface area contributed by atoms with E-state index in [9.17, 15) is 8.42 Å². The number of aromatic nitrogens is 1. The summed E-state index contributed by atoms with van der Waals surface area (Å²) in [5, 5.41) is 1.04. The van der Waals surface area contributed by atoms with E-state index in [-0.39, 0.29) is 5.75 Å². The molecule has 2 aromatic rings. The number of fused-ring (bicyclic) bond motifs is 1. The molecule has 0 saturated heterocycles. The van der Waals surface area contributed by atoms with E-state index in [1.54, 1.807) is 0 Å². The maximum atomic E-state index is 11.1. The summed E-state index contributed by atoms with van der Waals surface area (Å²) in [5.74, 6) is 0.130. The summed E-state index contributed by atoms with van der Waals surface area (Å²) in [5.41, 5.74) is 7.46. The summed E-state index contributed by atoms with van der Waals surface area (Å²) in [4.78, 5) is 0. The number of nitrogen functional groups attached to an aromatic ring is 1. The molecule has 1 aromatic heterocycles. The summed E-state index contributed by atoms with van der Waals surface area (Å²) in [6, 6.07) is 7.61. The smallest absolute Gasteiger partial charge is 0.149 e. The molecule has 2 rings (SSSR count). The molecular formula is C11H14N2O2S. The molecule has 0 saturated carbocycles. The van der Waals surface area contributed by atoms with Crippen LogP contribution >= 0.6 is 0 Å². The molecule has 0 spiro atoms. The average molecular weight is 238 g/mol. The monoisotopic (exact) mass is 238 g/mol. The van der Waals surface area contributed by atoms with Crippen molar-refractivity contribution in [3.8, 4) is 0 Å². The molecule has 0 aliphatic rings. The van der Waals surface area contributed by atoms with Gasteiger partial charge in [-0.15, -0.1) is 0 Å². The molecule has 0 bridgehead atoms. The number of hydrogen-bond acceptors (Lipinski definition) is 3. The van der Waals surface area contributed by atoms with Crippen molar-refractivity contribution in [2.75, 3.05) is 17.7 Å². The Morgan fingerprint density at radius 2 is 2.06 bits per heavy atom. The zero-order valence-corrected chi connectivity index (χ0v) is 9.87. The highest BCUT2D eigenvalue weighted by Gasteiger charge is 2.07. The van der Waals surface area contributed by atoms with Crippen LogP contribution in [0.5, 0.6) is 0 Å². The third kappa shape index (κ3) is 2.19. The second kappa shape index (κ2) is 3.83. The maximum absolute atomic E-state index is 11.1. The Labute approximate surface area is 94.6 Å². The number of nitrogens with two attached hydrogens (primary N) is 1. The van der Waals surface area contributed by atoms with E-state index >= 15 is 0 Å². The maximum Gasteiger partial charge on any atom is 0.149 e. The fourth-order valence-corrected chi connectivity index (χ4v) is 2.27. The molecular weight excluding hydrogens is 224 g/mol. The standard InChI is InChI=1S/C11H14N2O2S/c1-16(14,15)8-7-13-6-5-9-3-2-4-10(12)11(9)13/h2-6H,7-8,12H2,1H3. The first-order chi connectivity index (χ1) is 7.47. The van der Waals surface area contributed by atoms with Crippen molar-refractivity contribution >= 4 is 26.4 Å². The van der Waals surface area contributed by atoms with E-state index in [1.165, 1.54) is 6.26 Å². The van der Waals surface area contributed by atoms with E-state index < -0.39 is 9.84 Å². The molecule has 5 heteroatoms. The Bertz CT molecular complexity index is 614. The molecule has 0 fully saturated rings. The quantitative estimate of drug-likeness (QED) is 0.819. The molecule has 0 aliphatic heterocycles. The van der Waals surface area contributed by atoms with Crippen LogP contribution in [-0.4, -0.2) is 25.0 Å². The van der Waals surface area contributed by atoms with Crippen LogP contribution in [0.3, 0.4) is 0 Å². The highest BCUT2D eigenvalue weighted by molar-refractivity contribution is 7.90. The van der Waals surface area contributed by atoms with Gasteiger partial charge in [-0.25, -0.2) is 8.42 Å². The summed E-state index contributed by atoms with van der Waals surface area (Å²) in [6.07, 6.45) is 3.11. The van der Waals surface area contributed by atoms with Gasteiger partial charge in [-0.3, -0.25) is 0 Å². The number of rotatable bonds is 3. The van der Waals surface area contributed by atoms with Gasteiger partial charge in [-0.1, -0.05) is 12.1 Å². The van der Waals surface area contributed by atoms with Crippen molar-refractivity contribution in [2.45, 2.75) is 6.54 Å². The Balaban J connectivity index is 2.39. The van der Waals surface area contributed by atoms with Gasteiger partial charge in [-0.05, 0) is 12.1 Å². The molecule has 16 heavy (non-hydrogen) atoms. The van der Waals surface area contributed by atoms with Gasteiger partial charge in [-0.2, -0.15) is 0 Å². The molecule has 86 valence electrons. The van der Waals surface area contributed by atoms with E-state index in [2.05, 4.69) is 0 Å². The second-order valence-electron chi connectivity index (χ2n) is 3.92. The minimum atomic E-state index is -2.94. The molecule has 1 aromatic carbocycles. The largest absolute Gasteiger partial charge is 0.397 e. The number of aryl methyl sites for hydroxylation is 1. The molecule has 0 amide bonds. The van der Waals surface area contributed by atoms with Crippen LogP contribution in [0.4, 0.5) is 5.69 Å². The average Bonchev–Trinajstić information content (AvgIpc) is 2.58. The summed E-state index contributed by atoms with van der Waals surface area (Å²) in [7, 11) is -2.94. The Kier molecular flexibility index (Phi) is 2.63. The second-order valence-corrected chi connectivity index (χ2v) is 6.18. The first kappa shape index (κ1) is 11.0. The first-order valence-corrected chi connectivity index (χ1v) is 7.04. The zero-order chi connectivity index (χ0) is 11.8. The number of benzene rings is 1. The van der Waals surface area contributed by atoms with Gasteiger partial charge in [0, 0.05) is 24.4 Å². The third-order valence-corrected chi connectivity index (χ3v) is 3.45. The SMILES string of the molecule is CS(=O)(=O)CCn1ccc2cccc(N)c21. The third-order valence-electron chi connectivity index (χ3n) is 2.52. The first-order valence-electron chi connectivity index (χ1n) is 4.98. The minimum Gasteiger partial charge on any atom is -0.397 e. The van der Waals surface area contributed by atoms with Crippen LogP contribution in [0, 0.1) is 0 Å². The van der Waals surface area contributed by atoms with Crippen LogP contribution < -0.4 is 5.73 Å². The van der Waals surface area contributed by atoms with Gasteiger partial charge in [0.25, 0.3) is 0 Å². The normalized spacial score (nSPS) is 12.1. The fourth-order valence-electron chi connectivity index (χ4n) is 1.74. The molecule has 1 heterocycles. The van der Waals surface area contributed by atoms with Crippen molar-refractivity contribution < 1.29 is 8.42 Å². The molecule has 2 N–H and O–H groups in total. The van der Waals surface area contributed by atoms with Gasteiger partial charge >= 0.3 is 0 Å². The van der Waals surface area contributed by atoms with Crippen LogP contribution in [0.2, 0.25) is 0 Å². The zero-order valence-electron chi connectivity index (χ0n) is 9.05. The number of anilines is 1. The molecule has 0 radical (unpaired) electrons. The summed E-state index contributed by atoms with van der Waals surface area (Å²) < 4.78 is 24.1. The van der Waals surface area contributed by atoms with Crippen molar-refractivity contribution in [3.05, 3.63) is 30.5 Å². The van der Waals surface area contributed by atoms with Crippen molar-refractivity contribution in [1.82, 2.24) is 4.57 Å². The lowest BCUT2D eigenvalue weighted by atomic mass is 10.2. The number of hydrogen-bond donors (Lipinski definition) is 1. The highest BCUT2D eigenvalue weighted by atomic mass is 32.2.